The van der Waals surface area contributed by atoms with Crippen LogP contribution in [0.5, 0.6) is 0 Å². The van der Waals surface area contributed by atoms with Gasteiger partial charge >= 0.3 is 18.0 Å². The van der Waals surface area contributed by atoms with Crippen molar-refractivity contribution in [2.75, 3.05) is 0 Å². The van der Waals surface area contributed by atoms with E-state index in [9.17, 15) is 14.4 Å². The van der Waals surface area contributed by atoms with Crippen LogP contribution in [0.4, 0.5) is 4.79 Å². The summed E-state index contributed by atoms with van der Waals surface area (Å²) in [7, 11) is 0. The molecule has 0 bridgehead atoms. The molecule has 0 saturated carbocycles. The van der Waals surface area contributed by atoms with Gasteiger partial charge < -0.3 is 14.9 Å². The van der Waals surface area contributed by atoms with Gasteiger partial charge in [0.1, 0.15) is 5.60 Å². The molecule has 118 valence electrons. The Kier molecular flexibility index (Phi) is 3.83. The Balaban J connectivity index is 2.30. The van der Waals surface area contributed by atoms with Gasteiger partial charge in [0.15, 0.2) is 0 Å². The fraction of sp³-hybridized carbons (Fsp3) is 0.400. The van der Waals surface area contributed by atoms with E-state index in [2.05, 4.69) is 0 Å². The van der Waals surface area contributed by atoms with Crippen LogP contribution in [-0.2, 0) is 17.8 Å². The molecule has 1 heterocycles. The van der Waals surface area contributed by atoms with E-state index in [0.29, 0.717) is 11.1 Å². The summed E-state index contributed by atoms with van der Waals surface area (Å²) in [6.07, 6.45) is -0.516. The number of rotatable bonds is 2. The third-order valence-corrected chi connectivity index (χ3v) is 3.17. The molecular formula is C15H17NO6. The van der Waals surface area contributed by atoms with Crippen LogP contribution >= 0.6 is 0 Å². The first-order chi connectivity index (χ1) is 10.1. The molecule has 0 saturated heterocycles. The number of carbonyl (C=O) groups excluding carboxylic acids is 1. The average molecular weight is 307 g/mol. The smallest absolute Gasteiger partial charge is 0.410 e. The lowest BCUT2D eigenvalue weighted by Crippen LogP contribution is -2.33. The molecule has 0 unspecified atom stereocenters. The molecule has 0 atom stereocenters. The predicted molar refractivity (Wildman–Crippen MR) is 75.8 cm³/mol. The molecule has 7 nitrogen and oxygen atoms in total. The Morgan fingerprint density at radius 3 is 1.73 bits per heavy atom. The Morgan fingerprint density at radius 2 is 1.41 bits per heavy atom. The number of carboxylic acids is 2. The Bertz CT molecular complexity index is 616. The highest BCUT2D eigenvalue weighted by Gasteiger charge is 2.30. The minimum atomic E-state index is -1.31. The van der Waals surface area contributed by atoms with Gasteiger partial charge in [0.25, 0.3) is 0 Å². The monoisotopic (exact) mass is 307 g/mol. The van der Waals surface area contributed by atoms with Crippen LogP contribution in [0.25, 0.3) is 0 Å². The minimum absolute atomic E-state index is 0.199. The van der Waals surface area contributed by atoms with Crippen molar-refractivity contribution in [3.8, 4) is 0 Å². The summed E-state index contributed by atoms with van der Waals surface area (Å²) in [6, 6.07) is 2.62. The molecule has 0 aliphatic carbocycles. The number of benzene rings is 1. The van der Waals surface area contributed by atoms with Crippen molar-refractivity contribution in [1.82, 2.24) is 4.90 Å². The van der Waals surface area contributed by atoms with Crippen molar-refractivity contribution in [1.29, 1.82) is 0 Å². The average Bonchev–Trinajstić information content (AvgIpc) is 2.77. The van der Waals surface area contributed by atoms with Crippen LogP contribution in [0.15, 0.2) is 12.1 Å². The molecule has 1 aliphatic heterocycles. The quantitative estimate of drug-likeness (QED) is 0.869. The maximum atomic E-state index is 12.0. The Morgan fingerprint density at radius 1 is 1.00 bits per heavy atom. The number of nitrogens with zero attached hydrogens (tertiary/aromatic N) is 1. The highest BCUT2D eigenvalue weighted by Crippen LogP contribution is 2.28. The molecule has 0 radical (unpaired) electrons. The maximum absolute atomic E-state index is 12.0. The van der Waals surface area contributed by atoms with E-state index in [1.807, 2.05) is 0 Å². The van der Waals surface area contributed by atoms with Crippen molar-refractivity contribution in [3.05, 3.63) is 34.4 Å². The first-order valence-electron chi connectivity index (χ1n) is 6.69. The molecule has 2 N–H and O–H groups in total. The van der Waals surface area contributed by atoms with Crippen LogP contribution in [0, 0.1) is 0 Å². The zero-order valence-corrected chi connectivity index (χ0v) is 12.5. The van der Waals surface area contributed by atoms with Crippen molar-refractivity contribution < 1.29 is 29.3 Å². The highest BCUT2D eigenvalue weighted by atomic mass is 16.6. The molecule has 1 amide bonds. The zero-order chi connectivity index (χ0) is 16.7. The second-order valence-electron chi connectivity index (χ2n) is 6.11. The number of carboxylic acid groups (broad SMARTS) is 2. The normalized spacial score (nSPS) is 13.7. The first kappa shape index (κ1) is 15.8. The number of fused-ring (bicyclic) bond motifs is 1. The zero-order valence-electron chi connectivity index (χ0n) is 12.5. The largest absolute Gasteiger partial charge is 0.478 e. The molecule has 1 aromatic rings. The van der Waals surface area contributed by atoms with Gasteiger partial charge in [0, 0.05) is 13.1 Å². The van der Waals surface area contributed by atoms with Crippen LogP contribution in [-0.4, -0.2) is 38.7 Å². The van der Waals surface area contributed by atoms with E-state index < -0.39 is 23.6 Å². The fourth-order valence-corrected chi connectivity index (χ4v) is 2.26. The van der Waals surface area contributed by atoms with Gasteiger partial charge in [-0.05, 0) is 44.0 Å². The standard InChI is InChI=1S/C15H17NO6/c1-15(2,3)22-14(21)16-6-8-4-10(12(17)18)11(13(19)20)5-9(8)7-16/h4-5H,6-7H2,1-3H3,(H,17,18)(H,19,20). The first-order valence-corrected chi connectivity index (χ1v) is 6.69. The van der Waals surface area contributed by atoms with E-state index in [-0.39, 0.29) is 24.2 Å². The van der Waals surface area contributed by atoms with Crippen LogP contribution in [0.3, 0.4) is 0 Å². The molecule has 1 aromatic carbocycles. The summed E-state index contributed by atoms with van der Waals surface area (Å²) in [5.74, 6) is -2.62. The molecule has 0 aromatic heterocycles. The number of carbonyl (C=O) groups is 3. The van der Waals surface area contributed by atoms with E-state index in [0.717, 1.165) is 0 Å². The van der Waals surface area contributed by atoms with E-state index in [1.54, 1.807) is 20.8 Å². The molecule has 1 aliphatic rings. The van der Waals surface area contributed by atoms with Crippen molar-refractivity contribution >= 4 is 18.0 Å². The summed E-state index contributed by atoms with van der Waals surface area (Å²) in [5.41, 5.74) is 0.0423. The van der Waals surface area contributed by atoms with Gasteiger partial charge in [-0.25, -0.2) is 14.4 Å². The molecule has 22 heavy (non-hydrogen) atoms. The summed E-state index contributed by atoms with van der Waals surface area (Å²) >= 11 is 0. The lowest BCUT2D eigenvalue weighted by atomic mass is 10.00. The Hall–Kier alpha value is -2.57. The third kappa shape index (κ3) is 3.19. The second-order valence-corrected chi connectivity index (χ2v) is 6.11. The number of hydrogen-bond acceptors (Lipinski definition) is 4. The number of hydrogen-bond donors (Lipinski definition) is 2. The van der Waals surface area contributed by atoms with Gasteiger partial charge in [-0.1, -0.05) is 0 Å². The van der Waals surface area contributed by atoms with Gasteiger partial charge in [-0.15, -0.1) is 0 Å². The van der Waals surface area contributed by atoms with E-state index in [4.69, 9.17) is 14.9 Å². The van der Waals surface area contributed by atoms with Crippen molar-refractivity contribution in [2.24, 2.45) is 0 Å². The fourth-order valence-electron chi connectivity index (χ4n) is 2.26. The van der Waals surface area contributed by atoms with Gasteiger partial charge in [-0.3, -0.25) is 4.90 Å². The summed E-state index contributed by atoms with van der Waals surface area (Å²) < 4.78 is 5.26. The van der Waals surface area contributed by atoms with Gasteiger partial charge in [0.05, 0.1) is 11.1 Å². The minimum Gasteiger partial charge on any atom is -0.478 e. The predicted octanol–water partition coefficient (Wildman–Crippen LogP) is 2.33. The Labute approximate surface area is 127 Å². The maximum Gasteiger partial charge on any atom is 0.410 e. The van der Waals surface area contributed by atoms with Crippen molar-refractivity contribution in [3.63, 3.8) is 0 Å². The summed E-state index contributed by atoms with van der Waals surface area (Å²) in [6.45, 7) is 5.65. The summed E-state index contributed by atoms with van der Waals surface area (Å²) in [5, 5.41) is 18.2. The van der Waals surface area contributed by atoms with Crippen molar-refractivity contribution in [2.45, 2.75) is 39.5 Å². The lowest BCUT2D eigenvalue weighted by molar-refractivity contribution is 0.0241. The van der Waals surface area contributed by atoms with E-state index in [1.165, 1.54) is 17.0 Å². The SMILES string of the molecule is CC(C)(C)OC(=O)N1Cc2cc(C(=O)O)c(C(=O)O)cc2C1. The molecule has 0 fully saturated rings. The van der Waals surface area contributed by atoms with Crippen LogP contribution in [0.1, 0.15) is 52.6 Å². The lowest BCUT2D eigenvalue weighted by Gasteiger charge is -2.24. The van der Waals surface area contributed by atoms with Gasteiger partial charge in [0.2, 0.25) is 0 Å². The molecular weight excluding hydrogens is 290 g/mol. The van der Waals surface area contributed by atoms with Gasteiger partial charge in [-0.2, -0.15) is 0 Å². The number of amides is 1. The number of ether oxygens (including phenoxy) is 1. The molecule has 7 heteroatoms. The highest BCUT2D eigenvalue weighted by molar-refractivity contribution is 6.02. The topological polar surface area (TPSA) is 104 Å². The summed E-state index contributed by atoms with van der Waals surface area (Å²) in [4.78, 5) is 35.8. The molecule has 0 spiro atoms. The third-order valence-electron chi connectivity index (χ3n) is 3.17. The van der Waals surface area contributed by atoms with E-state index >= 15 is 0 Å². The van der Waals surface area contributed by atoms with Crippen LogP contribution < -0.4 is 0 Å². The molecule has 2 rings (SSSR count). The second kappa shape index (κ2) is 5.32. The number of aromatic carboxylic acids is 2. The van der Waals surface area contributed by atoms with Crippen LogP contribution in [0.2, 0.25) is 0 Å².